The molecule has 0 aliphatic heterocycles. The van der Waals surface area contributed by atoms with E-state index in [4.69, 9.17) is 4.74 Å². The number of sulfonamides is 1. The maximum absolute atomic E-state index is 13.0. The summed E-state index contributed by atoms with van der Waals surface area (Å²) in [5.74, 6) is -0.510. The van der Waals surface area contributed by atoms with Gasteiger partial charge in [-0.2, -0.15) is 13.2 Å². The Morgan fingerprint density at radius 1 is 0.939 bits per heavy atom. The summed E-state index contributed by atoms with van der Waals surface area (Å²) in [6, 6.07) is 18.7. The number of nitrogens with one attached hydrogen (secondary N) is 1. The molecule has 174 valence electrons. The van der Waals surface area contributed by atoms with E-state index >= 15 is 0 Å². The van der Waals surface area contributed by atoms with Crippen LogP contribution in [0.1, 0.15) is 12.5 Å². The van der Waals surface area contributed by atoms with Gasteiger partial charge in [-0.15, -0.1) is 0 Å². The van der Waals surface area contributed by atoms with E-state index in [-0.39, 0.29) is 22.9 Å². The van der Waals surface area contributed by atoms with Crippen molar-refractivity contribution in [2.75, 3.05) is 22.8 Å². The van der Waals surface area contributed by atoms with Gasteiger partial charge in [-0.3, -0.25) is 9.10 Å². The Morgan fingerprint density at radius 2 is 1.55 bits per heavy atom. The Hall–Kier alpha value is -3.53. The molecule has 0 saturated carbocycles. The second kappa shape index (κ2) is 9.95. The summed E-state index contributed by atoms with van der Waals surface area (Å²) in [5.41, 5.74) is -0.919. The fourth-order valence-electron chi connectivity index (χ4n) is 3.09. The van der Waals surface area contributed by atoms with Crippen molar-refractivity contribution in [3.05, 3.63) is 84.4 Å². The summed E-state index contributed by atoms with van der Waals surface area (Å²) in [6.07, 6.45) is -4.61. The highest BCUT2D eigenvalue weighted by Gasteiger charge is 2.33. The quantitative estimate of drug-likeness (QED) is 0.498. The number of rotatable bonds is 8. The lowest BCUT2D eigenvalue weighted by atomic mass is 10.1. The van der Waals surface area contributed by atoms with Crippen molar-refractivity contribution in [3.8, 4) is 5.75 Å². The standard InChI is InChI=1S/C23H21F3N2O4S/c1-2-28(33(30,31)19-8-4-3-5-9-19)17-12-14-18(15-13-17)32-16-22(29)27-21-11-7-6-10-20(21)23(24,25)26/h3-15H,2,16H2,1H3,(H,27,29). The zero-order valence-corrected chi connectivity index (χ0v) is 18.4. The Labute approximate surface area is 189 Å². The summed E-state index contributed by atoms with van der Waals surface area (Å²) in [4.78, 5) is 12.2. The van der Waals surface area contributed by atoms with Crippen molar-refractivity contribution in [2.45, 2.75) is 18.0 Å². The first kappa shape index (κ1) is 24.1. The molecule has 0 saturated heterocycles. The van der Waals surface area contributed by atoms with Gasteiger partial charge in [0.25, 0.3) is 15.9 Å². The van der Waals surface area contributed by atoms with Crippen LogP contribution in [0.2, 0.25) is 0 Å². The second-order valence-corrected chi connectivity index (χ2v) is 8.72. The largest absolute Gasteiger partial charge is 0.484 e. The van der Waals surface area contributed by atoms with E-state index in [1.165, 1.54) is 52.8 Å². The molecule has 3 aromatic carbocycles. The van der Waals surface area contributed by atoms with Gasteiger partial charge in [-0.05, 0) is 55.5 Å². The SMILES string of the molecule is CCN(c1ccc(OCC(=O)Nc2ccccc2C(F)(F)F)cc1)S(=O)(=O)c1ccccc1. The van der Waals surface area contributed by atoms with Gasteiger partial charge in [0, 0.05) is 6.54 Å². The zero-order chi connectivity index (χ0) is 24.1. The summed E-state index contributed by atoms with van der Waals surface area (Å²) in [7, 11) is -3.76. The molecular weight excluding hydrogens is 457 g/mol. The molecule has 0 fully saturated rings. The van der Waals surface area contributed by atoms with Crippen molar-refractivity contribution >= 4 is 27.3 Å². The van der Waals surface area contributed by atoms with E-state index in [0.717, 1.165) is 12.1 Å². The summed E-state index contributed by atoms with van der Waals surface area (Å²) in [5, 5.41) is 2.19. The van der Waals surface area contributed by atoms with Crippen LogP contribution < -0.4 is 14.4 Å². The Kier molecular flexibility index (Phi) is 7.27. The summed E-state index contributed by atoms with van der Waals surface area (Å²) in [6.45, 7) is 1.37. The molecule has 3 aromatic rings. The molecule has 0 bridgehead atoms. The smallest absolute Gasteiger partial charge is 0.418 e. The first-order valence-electron chi connectivity index (χ1n) is 9.89. The Morgan fingerprint density at radius 3 is 2.15 bits per heavy atom. The molecule has 3 rings (SSSR count). The second-order valence-electron chi connectivity index (χ2n) is 6.86. The number of anilines is 2. The lowest BCUT2D eigenvalue weighted by Crippen LogP contribution is -2.30. The molecule has 0 unspecified atom stereocenters. The highest BCUT2D eigenvalue weighted by atomic mass is 32.2. The first-order valence-corrected chi connectivity index (χ1v) is 11.3. The fraction of sp³-hybridized carbons (Fsp3) is 0.174. The topological polar surface area (TPSA) is 75.7 Å². The highest BCUT2D eigenvalue weighted by molar-refractivity contribution is 7.92. The molecule has 0 spiro atoms. The van der Waals surface area contributed by atoms with Gasteiger partial charge < -0.3 is 10.1 Å². The third-order valence-electron chi connectivity index (χ3n) is 4.62. The summed E-state index contributed by atoms with van der Waals surface area (Å²) >= 11 is 0. The molecule has 1 N–H and O–H groups in total. The van der Waals surface area contributed by atoms with Crippen LogP contribution >= 0.6 is 0 Å². The lowest BCUT2D eigenvalue weighted by molar-refractivity contribution is -0.137. The van der Waals surface area contributed by atoms with Crippen molar-refractivity contribution in [2.24, 2.45) is 0 Å². The average molecular weight is 478 g/mol. The predicted molar refractivity (Wildman–Crippen MR) is 119 cm³/mol. The normalized spacial score (nSPS) is 11.6. The Bertz CT molecular complexity index is 1200. The van der Waals surface area contributed by atoms with E-state index in [1.54, 1.807) is 25.1 Å². The molecule has 0 heterocycles. The van der Waals surface area contributed by atoms with Crippen LogP contribution in [0.15, 0.2) is 83.8 Å². The van der Waals surface area contributed by atoms with Crippen molar-refractivity contribution in [3.63, 3.8) is 0 Å². The van der Waals surface area contributed by atoms with Gasteiger partial charge in [0.1, 0.15) is 5.75 Å². The van der Waals surface area contributed by atoms with Gasteiger partial charge in [-0.25, -0.2) is 8.42 Å². The van der Waals surface area contributed by atoms with Crippen LogP contribution in [-0.2, 0) is 21.0 Å². The van der Waals surface area contributed by atoms with Crippen LogP contribution in [0.3, 0.4) is 0 Å². The molecule has 10 heteroatoms. The molecule has 33 heavy (non-hydrogen) atoms. The van der Waals surface area contributed by atoms with E-state index in [1.807, 2.05) is 0 Å². The average Bonchev–Trinajstić information content (AvgIpc) is 2.79. The lowest BCUT2D eigenvalue weighted by Gasteiger charge is -2.23. The predicted octanol–water partition coefficient (Wildman–Crippen LogP) is 4.94. The third-order valence-corrected chi connectivity index (χ3v) is 6.54. The molecule has 0 aromatic heterocycles. The highest BCUT2D eigenvalue weighted by Crippen LogP contribution is 2.34. The van der Waals surface area contributed by atoms with Crippen LogP contribution in [-0.4, -0.2) is 27.5 Å². The number of amides is 1. The molecule has 0 atom stereocenters. The molecule has 0 radical (unpaired) electrons. The van der Waals surface area contributed by atoms with Crippen molar-refractivity contribution in [1.82, 2.24) is 0 Å². The van der Waals surface area contributed by atoms with E-state index < -0.39 is 34.3 Å². The number of hydrogen-bond donors (Lipinski definition) is 1. The van der Waals surface area contributed by atoms with E-state index in [0.29, 0.717) is 5.69 Å². The number of alkyl halides is 3. The number of hydrogen-bond acceptors (Lipinski definition) is 4. The van der Waals surface area contributed by atoms with Crippen LogP contribution in [0.5, 0.6) is 5.75 Å². The van der Waals surface area contributed by atoms with Gasteiger partial charge in [0.15, 0.2) is 6.61 Å². The number of carbonyl (C=O) groups is 1. The number of benzene rings is 3. The van der Waals surface area contributed by atoms with Crippen LogP contribution in [0.4, 0.5) is 24.5 Å². The number of carbonyl (C=O) groups excluding carboxylic acids is 1. The van der Waals surface area contributed by atoms with Crippen LogP contribution in [0.25, 0.3) is 0 Å². The monoisotopic (exact) mass is 478 g/mol. The van der Waals surface area contributed by atoms with E-state index in [9.17, 15) is 26.4 Å². The number of nitrogens with zero attached hydrogens (tertiary/aromatic N) is 1. The van der Waals surface area contributed by atoms with Crippen LogP contribution in [0, 0.1) is 0 Å². The minimum Gasteiger partial charge on any atom is -0.484 e. The first-order chi connectivity index (χ1) is 15.6. The summed E-state index contributed by atoms with van der Waals surface area (Å²) < 4.78 is 71.5. The Balaban J connectivity index is 1.66. The van der Waals surface area contributed by atoms with Gasteiger partial charge in [0.05, 0.1) is 21.8 Å². The number of para-hydroxylation sites is 1. The minimum absolute atomic E-state index is 0.156. The van der Waals surface area contributed by atoms with E-state index in [2.05, 4.69) is 5.32 Å². The molecule has 0 aliphatic rings. The van der Waals surface area contributed by atoms with Gasteiger partial charge in [-0.1, -0.05) is 30.3 Å². The molecule has 1 amide bonds. The maximum atomic E-state index is 13.0. The van der Waals surface area contributed by atoms with Crippen molar-refractivity contribution < 1.29 is 31.1 Å². The third kappa shape index (κ3) is 5.83. The van der Waals surface area contributed by atoms with Gasteiger partial charge in [0.2, 0.25) is 0 Å². The number of halogens is 3. The molecular formula is C23H21F3N2O4S. The molecule has 0 aliphatic carbocycles. The fourth-order valence-corrected chi connectivity index (χ4v) is 4.59. The zero-order valence-electron chi connectivity index (χ0n) is 17.5. The number of ether oxygens (including phenoxy) is 1. The molecule has 6 nitrogen and oxygen atoms in total. The van der Waals surface area contributed by atoms with Crippen molar-refractivity contribution in [1.29, 1.82) is 0 Å². The minimum atomic E-state index is -4.61. The van der Waals surface area contributed by atoms with Gasteiger partial charge >= 0.3 is 6.18 Å². The maximum Gasteiger partial charge on any atom is 0.418 e.